The van der Waals surface area contributed by atoms with Crippen molar-refractivity contribution in [2.24, 2.45) is 0 Å². The minimum Gasteiger partial charge on any atom is -0.295 e. The molecule has 0 spiro atoms. The van der Waals surface area contributed by atoms with E-state index in [1.54, 1.807) is 0 Å². The zero-order valence-corrected chi connectivity index (χ0v) is 45.2. The second kappa shape index (κ2) is 18.2. The van der Waals surface area contributed by atoms with Crippen LogP contribution < -0.4 is 9.80 Å². The molecule has 374 valence electrons. The molecule has 0 saturated heterocycles. The molecule has 0 amide bonds. The minimum absolute atomic E-state index is 0.153. The van der Waals surface area contributed by atoms with Crippen LogP contribution in [0.5, 0.6) is 0 Å². The quantitative estimate of drug-likeness (QED) is 0.128. The van der Waals surface area contributed by atoms with Crippen LogP contribution >= 0.6 is 0 Å². The van der Waals surface area contributed by atoms with Crippen molar-refractivity contribution in [1.82, 2.24) is 9.97 Å². The highest BCUT2D eigenvalue weighted by Gasteiger charge is 2.39. The van der Waals surface area contributed by atoms with Gasteiger partial charge in [-0.2, -0.15) is 0 Å². The maximum atomic E-state index is 4.80. The number of benzene rings is 8. The number of para-hydroxylation sites is 2. The Morgan fingerprint density at radius 1 is 0.312 bits per heavy atom. The average molecular weight is 995 g/mol. The second-order valence-electron chi connectivity index (χ2n) is 22.8. The number of aryl methyl sites for hydroxylation is 2. The third-order valence-corrected chi connectivity index (χ3v) is 17.0. The first kappa shape index (κ1) is 47.8. The van der Waals surface area contributed by atoms with Crippen molar-refractivity contribution in [3.63, 3.8) is 0 Å². The molecule has 77 heavy (non-hydrogen) atoms. The number of nitrogens with zero attached hydrogens (tertiary/aromatic N) is 4. The maximum absolute atomic E-state index is 4.80. The van der Waals surface area contributed by atoms with E-state index < -0.39 is 0 Å². The molecular weight excluding hydrogens is 933 g/mol. The first-order valence-corrected chi connectivity index (χ1v) is 27.0. The summed E-state index contributed by atoms with van der Waals surface area (Å²) in [4.78, 5) is 14.2. The summed E-state index contributed by atoms with van der Waals surface area (Å²) < 4.78 is 0. The molecule has 0 bridgehead atoms. The lowest BCUT2D eigenvalue weighted by Crippen LogP contribution is -2.17. The van der Waals surface area contributed by atoms with Gasteiger partial charge in [-0.05, 0) is 175 Å². The lowest BCUT2D eigenvalue weighted by atomic mass is 9.81. The third kappa shape index (κ3) is 7.96. The van der Waals surface area contributed by atoms with Crippen molar-refractivity contribution >= 4 is 58.7 Å². The van der Waals surface area contributed by atoms with E-state index in [1.807, 2.05) is 24.5 Å². The number of hydrogen-bond acceptors (Lipinski definition) is 4. The van der Waals surface area contributed by atoms with E-state index >= 15 is 0 Å². The number of rotatable bonds is 10. The van der Waals surface area contributed by atoms with Crippen LogP contribution in [0.1, 0.15) is 108 Å². The molecule has 0 fully saturated rings. The van der Waals surface area contributed by atoms with Crippen LogP contribution in [0.25, 0.3) is 57.7 Å². The smallest absolute Gasteiger partial charge is 0.137 e. The van der Waals surface area contributed by atoms with Gasteiger partial charge in [-0.3, -0.25) is 9.80 Å². The molecule has 0 saturated carbocycles. The molecule has 0 aliphatic heterocycles. The van der Waals surface area contributed by atoms with Gasteiger partial charge in [0.1, 0.15) is 11.6 Å². The van der Waals surface area contributed by atoms with Crippen LogP contribution in [0.2, 0.25) is 0 Å². The maximum Gasteiger partial charge on any atom is 0.137 e. The molecule has 4 heteroatoms. The first-order valence-electron chi connectivity index (χ1n) is 27.0. The van der Waals surface area contributed by atoms with Gasteiger partial charge in [0.2, 0.25) is 0 Å². The molecule has 0 unspecified atom stereocenters. The van der Waals surface area contributed by atoms with Gasteiger partial charge in [-0.15, -0.1) is 0 Å². The molecule has 10 aromatic rings. The van der Waals surface area contributed by atoms with Crippen molar-refractivity contribution < 1.29 is 0 Å². The van der Waals surface area contributed by atoms with Gasteiger partial charge in [-0.25, -0.2) is 9.97 Å². The number of fused-ring (bicyclic) bond motifs is 9. The Morgan fingerprint density at radius 2 is 0.597 bits per heavy atom. The van der Waals surface area contributed by atoms with Crippen LogP contribution in [0, 0.1) is 13.8 Å². The summed E-state index contributed by atoms with van der Waals surface area (Å²) in [7, 11) is 0. The molecule has 8 aromatic carbocycles. The summed E-state index contributed by atoms with van der Waals surface area (Å²) in [5.74, 6) is 1.81. The third-order valence-electron chi connectivity index (χ3n) is 17.0. The molecule has 2 heterocycles. The second-order valence-corrected chi connectivity index (χ2v) is 22.8. The molecule has 3 aliphatic carbocycles. The number of hydrogen-bond donors (Lipinski definition) is 0. The Hall–Kier alpha value is -8.86. The van der Waals surface area contributed by atoms with Crippen molar-refractivity contribution in [2.45, 2.75) is 71.6 Å². The molecule has 13 rings (SSSR count). The summed E-state index contributed by atoms with van der Waals surface area (Å²) in [6.45, 7) is 18.5. The highest BCUT2D eigenvalue weighted by Crippen LogP contribution is 2.54. The van der Waals surface area contributed by atoms with Gasteiger partial charge < -0.3 is 0 Å². The lowest BCUT2D eigenvalue weighted by molar-refractivity contribution is 0.660. The molecule has 2 aromatic heterocycles. The van der Waals surface area contributed by atoms with Crippen molar-refractivity contribution in [3.05, 3.63) is 273 Å². The number of aromatic nitrogens is 2. The highest BCUT2D eigenvalue weighted by atomic mass is 15.2. The Labute approximate surface area is 454 Å². The SMILES string of the molecule is Cc1ccccc1N(c1ccc2c(c1)C(C)(C)c1cc(C=Cc3ccc4c(c3)C(C)(C)c3cc(C=Cc5ccc6c(c5)C(C)(C)c5cc(N(c7ccccn7)c7ccccc7C)ccc5-6)ccc3-4)ccc1-2)c1ccccn1. The normalized spacial score (nSPS) is 14.7. The van der Waals surface area contributed by atoms with Crippen LogP contribution in [0.15, 0.2) is 207 Å². The van der Waals surface area contributed by atoms with Crippen LogP contribution in [-0.2, 0) is 16.2 Å². The zero-order chi connectivity index (χ0) is 52.8. The van der Waals surface area contributed by atoms with Gasteiger partial charge in [0.15, 0.2) is 0 Å². The highest BCUT2D eigenvalue weighted by molar-refractivity contribution is 5.90. The van der Waals surface area contributed by atoms with Gasteiger partial charge >= 0.3 is 0 Å². The standard InChI is InChI=1S/C73H62N4/c1-47-17-9-11-19-67(47)76(69-21-13-15-39-74-69)53-31-37-59-57-35-29-51(43-63(57)72(5,6)65(59)45-53)25-23-49-27-33-55-56-34-28-50(42-62(56)71(3,4)61(55)41-49)24-26-52-30-36-58-60-38-32-54(46-66(60)73(7,8)64(58)44-52)77(70-22-14-16-40-75-70)68-20-12-10-18-48(68)2/h9-46H,1-8H3. The van der Waals surface area contributed by atoms with Crippen LogP contribution in [-0.4, -0.2) is 9.97 Å². The summed E-state index contributed by atoms with van der Waals surface area (Å²) in [5, 5.41) is 0. The summed E-state index contributed by atoms with van der Waals surface area (Å²) in [6.07, 6.45) is 12.9. The number of pyridine rings is 2. The van der Waals surface area contributed by atoms with Crippen molar-refractivity contribution in [2.75, 3.05) is 9.80 Å². The molecular formula is C73H62N4. The fourth-order valence-corrected chi connectivity index (χ4v) is 12.7. The predicted molar refractivity (Wildman–Crippen MR) is 324 cm³/mol. The Morgan fingerprint density at radius 3 is 0.896 bits per heavy atom. The van der Waals surface area contributed by atoms with E-state index in [-0.39, 0.29) is 16.2 Å². The molecule has 3 aliphatic rings. The van der Waals surface area contributed by atoms with E-state index in [1.165, 1.54) is 100 Å². The summed E-state index contributed by atoms with van der Waals surface area (Å²) >= 11 is 0. The van der Waals surface area contributed by atoms with Gasteiger partial charge in [0.25, 0.3) is 0 Å². The zero-order valence-electron chi connectivity index (χ0n) is 45.2. The van der Waals surface area contributed by atoms with E-state index in [9.17, 15) is 0 Å². The molecule has 0 N–H and O–H groups in total. The molecule has 4 nitrogen and oxygen atoms in total. The monoisotopic (exact) mass is 994 g/mol. The topological polar surface area (TPSA) is 32.3 Å². The Kier molecular flexibility index (Phi) is 11.3. The Balaban J connectivity index is 0.733. The van der Waals surface area contributed by atoms with E-state index in [2.05, 4.69) is 271 Å². The average Bonchev–Trinajstić information content (AvgIpc) is 4.03. The lowest BCUT2D eigenvalue weighted by Gasteiger charge is -2.28. The summed E-state index contributed by atoms with van der Waals surface area (Å²) in [6, 6.07) is 71.2. The van der Waals surface area contributed by atoms with Gasteiger partial charge in [0, 0.05) is 40.0 Å². The minimum atomic E-state index is -0.188. The van der Waals surface area contributed by atoms with Gasteiger partial charge in [0.05, 0.1) is 11.4 Å². The molecule has 0 radical (unpaired) electrons. The van der Waals surface area contributed by atoms with Crippen LogP contribution in [0.3, 0.4) is 0 Å². The fourth-order valence-electron chi connectivity index (χ4n) is 12.7. The van der Waals surface area contributed by atoms with Crippen molar-refractivity contribution in [1.29, 1.82) is 0 Å². The first-order chi connectivity index (χ1) is 37.3. The van der Waals surface area contributed by atoms with E-state index in [4.69, 9.17) is 9.97 Å². The number of anilines is 6. The van der Waals surface area contributed by atoms with E-state index in [0.717, 1.165) is 34.4 Å². The fraction of sp³-hybridized carbons (Fsp3) is 0.151. The molecule has 0 atom stereocenters. The van der Waals surface area contributed by atoms with E-state index in [0.29, 0.717) is 0 Å². The largest absolute Gasteiger partial charge is 0.295 e. The van der Waals surface area contributed by atoms with Crippen molar-refractivity contribution in [3.8, 4) is 33.4 Å². The van der Waals surface area contributed by atoms with Gasteiger partial charge in [-0.1, -0.05) is 199 Å². The Bertz CT molecular complexity index is 3780. The predicted octanol–water partition coefficient (Wildman–Crippen LogP) is 19.3. The summed E-state index contributed by atoms with van der Waals surface area (Å²) in [5.41, 5.74) is 27.1. The van der Waals surface area contributed by atoms with Crippen LogP contribution in [0.4, 0.5) is 34.4 Å².